The molecule has 2 N–H and O–H groups in total. The maximum atomic E-state index is 11.5. The predicted octanol–water partition coefficient (Wildman–Crippen LogP) is 1.39. The van der Waals surface area contributed by atoms with Crippen LogP contribution in [-0.2, 0) is 0 Å². The van der Waals surface area contributed by atoms with Gasteiger partial charge in [0.1, 0.15) is 5.69 Å². The first kappa shape index (κ1) is 9.86. The van der Waals surface area contributed by atoms with Crippen LogP contribution in [0.2, 0.25) is 0 Å². The zero-order chi connectivity index (χ0) is 9.90. The summed E-state index contributed by atoms with van der Waals surface area (Å²) >= 11 is 0. The zero-order valence-electron chi connectivity index (χ0n) is 7.95. The summed E-state index contributed by atoms with van der Waals surface area (Å²) in [5, 5.41) is 0. The highest BCUT2D eigenvalue weighted by molar-refractivity contribution is 5.94. The van der Waals surface area contributed by atoms with Gasteiger partial charge in [-0.2, -0.15) is 0 Å². The van der Waals surface area contributed by atoms with E-state index in [9.17, 15) is 4.79 Å². The fraction of sp³-hybridized carbons (Fsp3) is 0.400. The van der Waals surface area contributed by atoms with E-state index >= 15 is 0 Å². The highest BCUT2D eigenvalue weighted by Gasteiger charge is 2.17. The van der Waals surface area contributed by atoms with E-state index in [0.29, 0.717) is 12.1 Å². The van der Waals surface area contributed by atoms with Crippen LogP contribution in [0.5, 0.6) is 0 Å². The Morgan fingerprint density at radius 1 is 1.54 bits per heavy atom. The minimum atomic E-state index is -0.464. The van der Waals surface area contributed by atoms with Crippen molar-refractivity contribution in [2.75, 3.05) is 0 Å². The summed E-state index contributed by atoms with van der Waals surface area (Å²) in [6, 6.07) is 5.28. The van der Waals surface area contributed by atoms with Crippen LogP contribution >= 0.6 is 0 Å². The molecule has 0 aliphatic heterocycles. The van der Waals surface area contributed by atoms with Crippen molar-refractivity contribution >= 4 is 5.78 Å². The lowest BCUT2D eigenvalue weighted by Gasteiger charge is -2.16. The lowest BCUT2D eigenvalue weighted by Crippen LogP contribution is -2.34. The number of Topliss-reactive ketones (excluding diaryl/α,β-unsaturated/α-hetero) is 1. The Bertz CT molecular complexity index is 288. The van der Waals surface area contributed by atoms with Crippen LogP contribution in [0.25, 0.3) is 0 Å². The number of ketones is 1. The first-order valence-corrected chi connectivity index (χ1v) is 4.22. The Labute approximate surface area is 78.0 Å². The molecule has 0 aliphatic rings. The van der Waals surface area contributed by atoms with Crippen LogP contribution in [0.3, 0.4) is 0 Å². The Balaban J connectivity index is 2.71. The zero-order valence-corrected chi connectivity index (χ0v) is 7.95. The van der Waals surface area contributed by atoms with Gasteiger partial charge in [0.15, 0.2) is 5.78 Å². The smallest absolute Gasteiger partial charge is 0.182 e. The summed E-state index contributed by atoms with van der Waals surface area (Å²) in [5.41, 5.74) is 5.75. The molecule has 1 rings (SSSR count). The van der Waals surface area contributed by atoms with Crippen molar-refractivity contribution in [3.05, 3.63) is 30.1 Å². The second-order valence-corrected chi connectivity index (χ2v) is 3.80. The molecule has 3 heteroatoms. The average Bonchev–Trinajstić information content (AvgIpc) is 2.03. The van der Waals surface area contributed by atoms with E-state index in [-0.39, 0.29) is 5.78 Å². The molecular formula is C10H14N2O. The first-order valence-electron chi connectivity index (χ1n) is 4.22. The summed E-state index contributed by atoms with van der Waals surface area (Å²) in [6.45, 7) is 3.65. The molecule has 0 spiro atoms. The SMILES string of the molecule is CC(C)(N)CC(=O)c1ccccn1. The molecule has 0 atom stereocenters. The molecule has 0 amide bonds. The van der Waals surface area contributed by atoms with E-state index < -0.39 is 5.54 Å². The molecular weight excluding hydrogens is 164 g/mol. The van der Waals surface area contributed by atoms with E-state index in [0.717, 1.165) is 0 Å². The number of hydrogen-bond donors (Lipinski definition) is 1. The van der Waals surface area contributed by atoms with Crippen molar-refractivity contribution in [1.82, 2.24) is 4.98 Å². The molecule has 0 saturated heterocycles. The van der Waals surface area contributed by atoms with E-state index in [2.05, 4.69) is 4.98 Å². The first-order chi connectivity index (χ1) is 5.99. The van der Waals surface area contributed by atoms with Crippen LogP contribution in [0.1, 0.15) is 30.8 Å². The number of nitrogens with two attached hydrogens (primary N) is 1. The van der Waals surface area contributed by atoms with Crippen LogP contribution in [-0.4, -0.2) is 16.3 Å². The van der Waals surface area contributed by atoms with Crippen molar-refractivity contribution in [1.29, 1.82) is 0 Å². The van der Waals surface area contributed by atoms with Crippen molar-refractivity contribution in [3.63, 3.8) is 0 Å². The van der Waals surface area contributed by atoms with Crippen molar-refractivity contribution < 1.29 is 4.79 Å². The number of carbonyl (C=O) groups is 1. The number of aromatic nitrogens is 1. The van der Waals surface area contributed by atoms with Gasteiger partial charge >= 0.3 is 0 Å². The monoisotopic (exact) mass is 178 g/mol. The fourth-order valence-electron chi connectivity index (χ4n) is 1.03. The second-order valence-electron chi connectivity index (χ2n) is 3.80. The third kappa shape index (κ3) is 3.34. The van der Waals surface area contributed by atoms with E-state index in [1.54, 1.807) is 24.4 Å². The molecule has 1 heterocycles. The number of rotatable bonds is 3. The van der Waals surface area contributed by atoms with Gasteiger partial charge in [-0.3, -0.25) is 9.78 Å². The molecule has 1 aromatic heterocycles. The molecule has 0 unspecified atom stereocenters. The van der Waals surface area contributed by atoms with Gasteiger partial charge in [0.25, 0.3) is 0 Å². The van der Waals surface area contributed by atoms with E-state index in [1.165, 1.54) is 0 Å². The summed E-state index contributed by atoms with van der Waals surface area (Å²) < 4.78 is 0. The summed E-state index contributed by atoms with van der Waals surface area (Å²) in [6.07, 6.45) is 1.93. The molecule has 0 aromatic carbocycles. The number of carbonyl (C=O) groups excluding carboxylic acids is 1. The van der Waals surface area contributed by atoms with Gasteiger partial charge in [0.2, 0.25) is 0 Å². The van der Waals surface area contributed by atoms with E-state index in [4.69, 9.17) is 5.73 Å². The summed E-state index contributed by atoms with van der Waals surface area (Å²) in [5.74, 6) is -0.00639. The van der Waals surface area contributed by atoms with Gasteiger partial charge < -0.3 is 5.73 Å². The topological polar surface area (TPSA) is 56.0 Å². The van der Waals surface area contributed by atoms with Gasteiger partial charge in [0.05, 0.1) is 0 Å². The third-order valence-electron chi connectivity index (χ3n) is 1.57. The maximum Gasteiger partial charge on any atom is 0.182 e. The Morgan fingerprint density at radius 3 is 2.69 bits per heavy atom. The predicted molar refractivity (Wildman–Crippen MR) is 51.5 cm³/mol. The molecule has 3 nitrogen and oxygen atoms in total. The second kappa shape index (κ2) is 3.66. The number of pyridine rings is 1. The molecule has 0 bridgehead atoms. The Hall–Kier alpha value is -1.22. The highest BCUT2D eigenvalue weighted by Crippen LogP contribution is 2.08. The molecule has 13 heavy (non-hydrogen) atoms. The van der Waals surface area contributed by atoms with Gasteiger partial charge in [0, 0.05) is 18.2 Å². The molecule has 1 aromatic rings. The van der Waals surface area contributed by atoms with Crippen LogP contribution in [0, 0.1) is 0 Å². The van der Waals surface area contributed by atoms with Gasteiger partial charge in [-0.15, -0.1) is 0 Å². The van der Waals surface area contributed by atoms with Gasteiger partial charge in [-0.05, 0) is 26.0 Å². The normalized spacial score (nSPS) is 11.3. The summed E-state index contributed by atoms with van der Waals surface area (Å²) in [7, 11) is 0. The third-order valence-corrected chi connectivity index (χ3v) is 1.57. The molecule has 70 valence electrons. The van der Waals surface area contributed by atoms with Gasteiger partial charge in [-0.1, -0.05) is 6.07 Å². The average molecular weight is 178 g/mol. The molecule has 0 aliphatic carbocycles. The van der Waals surface area contributed by atoms with Crippen LogP contribution in [0.4, 0.5) is 0 Å². The van der Waals surface area contributed by atoms with Crippen molar-refractivity contribution in [3.8, 4) is 0 Å². The maximum absolute atomic E-state index is 11.5. The minimum absolute atomic E-state index is 0.00639. The lowest BCUT2D eigenvalue weighted by molar-refractivity contribution is 0.0955. The van der Waals surface area contributed by atoms with Crippen LogP contribution < -0.4 is 5.73 Å². The Kier molecular flexibility index (Phi) is 2.78. The largest absolute Gasteiger partial charge is 0.325 e. The van der Waals surface area contributed by atoms with Crippen molar-refractivity contribution in [2.45, 2.75) is 25.8 Å². The minimum Gasteiger partial charge on any atom is -0.325 e. The van der Waals surface area contributed by atoms with Gasteiger partial charge in [-0.25, -0.2) is 0 Å². The highest BCUT2D eigenvalue weighted by atomic mass is 16.1. The number of nitrogens with zero attached hydrogens (tertiary/aromatic N) is 1. The lowest BCUT2D eigenvalue weighted by atomic mass is 9.98. The standard InChI is InChI=1S/C10H14N2O/c1-10(2,11)7-9(13)8-5-3-4-6-12-8/h3-6H,7,11H2,1-2H3. The van der Waals surface area contributed by atoms with Crippen LogP contribution in [0.15, 0.2) is 24.4 Å². The Morgan fingerprint density at radius 2 is 2.23 bits per heavy atom. The fourth-order valence-corrected chi connectivity index (χ4v) is 1.03. The molecule has 0 radical (unpaired) electrons. The quantitative estimate of drug-likeness (QED) is 0.711. The van der Waals surface area contributed by atoms with E-state index in [1.807, 2.05) is 13.8 Å². The van der Waals surface area contributed by atoms with Crippen molar-refractivity contribution in [2.24, 2.45) is 5.73 Å². The molecule has 0 saturated carbocycles. The molecule has 0 fully saturated rings. The number of hydrogen-bond acceptors (Lipinski definition) is 3. The summed E-state index contributed by atoms with van der Waals surface area (Å²) in [4.78, 5) is 15.5.